The van der Waals surface area contributed by atoms with Crippen molar-refractivity contribution < 1.29 is 27.4 Å². The maximum absolute atomic E-state index is 13.0. The summed E-state index contributed by atoms with van der Waals surface area (Å²) in [4.78, 5) is 13.0. The second-order valence-corrected chi connectivity index (χ2v) is 9.73. The molecule has 5 rings (SSSR count). The third kappa shape index (κ3) is 4.65. The molecule has 3 aromatic carbocycles. The zero-order chi connectivity index (χ0) is 23.5. The Hall–Kier alpha value is -3.72. The van der Waals surface area contributed by atoms with Gasteiger partial charge >= 0.3 is 0 Å². The minimum absolute atomic E-state index is 0.0467. The Bertz CT molecular complexity index is 1320. The van der Waals surface area contributed by atoms with E-state index in [0.29, 0.717) is 43.3 Å². The molecule has 0 aliphatic carbocycles. The lowest BCUT2D eigenvalue weighted by Gasteiger charge is -2.26. The molecule has 0 spiro atoms. The molecule has 0 bridgehead atoms. The Morgan fingerprint density at radius 2 is 1.62 bits per heavy atom. The molecule has 0 saturated carbocycles. The molecule has 0 fully saturated rings. The molecular formula is C25H24N2O6S. The molecule has 34 heavy (non-hydrogen) atoms. The van der Waals surface area contributed by atoms with E-state index < -0.39 is 10.0 Å². The summed E-state index contributed by atoms with van der Waals surface area (Å²) >= 11 is 0. The number of sulfonamides is 1. The van der Waals surface area contributed by atoms with E-state index in [-0.39, 0.29) is 22.5 Å². The summed E-state index contributed by atoms with van der Waals surface area (Å²) in [7, 11) is -3.90. The minimum atomic E-state index is -3.90. The minimum Gasteiger partial charge on any atom is -0.493 e. The van der Waals surface area contributed by atoms with Crippen LogP contribution < -0.4 is 24.2 Å². The number of ether oxygens (including phenoxy) is 3. The van der Waals surface area contributed by atoms with Gasteiger partial charge in [0, 0.05) is 35.7 Å². The normalized spacial score (nSPS) is 17.0. The molecule has 9 heteroatoms. The predicted molar refractivity (Wildman–Crippen MR) is 126 cm³/mol. The van der Waals surface area contributed by atoms with Crippen molar-refractivity contribution in [3.05, 3.63) is 77.9 Å². The Morgan fingerprint density at radius 1 is 0.824 bits per heavy atom. The summed E-state index contributed by atoms with van der Waals surface area (Å²) in [5, 5.41) is 3.03. The highest BCUT2D eigenvalue weighted by molar-refractivity contribution is 7.92. The predicted octanol–water partition coefficient (Wildman–Crippen LogP) is 3.90. The van der Waals surface area contributed by atoms with Crippen molar-refractivity contribution in [2.45, 2.75) is 23.8 Å². The smallest absolute Gasteiger partial charge is 0.262 e. The average Bonchev–Trinajstić information content (AvgIpc) is 3.09. The summed E-state index contributed by atoms with van der Waals surface area (Å²) < 4.78 is 45.3. The van der Waals surface area contributed by atoms with Gasteiger partial charge in [-0.2, -0.15) is 0 Å². The molecule has 1 atom stereocenters. The number of anilines is 1. The fourth-order valence-corrected chi connectivity index (χ4v) is 5.05. The van der Waals surface area contributed by atoms with Crippen LogP contribution in [0.1, 0.15) is 34.8 Å². The Morgan fingerprint density at radius 3 is 2.50 bits per heavy atom. The summed E-state index contributed by atoms with van der Waals surface area (Å²) in [6.07, 6.45) is 1.38. The van der Waals surface area contributed by atoms with Gasteiger partial charge in [0.2, 0.25) is 0 Å². The van der Waals surface area contributed by atoms with E-state index in [4.69, 9.17) is 14.2 Å². The number of carbonyl (C=O) groups is 1. The van der Waals surface area contributed by atoms with Crippen molar-refractivity contribution in [1.82, 2.24) is 5.32 Å². The molecule has 0 saturated heterocycles. The fourth-order valence-electron chi connectivity index (χ4n) is 3.98. The van der Waals surface area contributed by atoms with Crippen molar-refractivity contribution in [3.63, 3.8) is 0 Å². The average molecular weight is 481 g/mol. The van der Waals surface area contributed by atoms with E-state index in [0.717, 1.165) is 17.7 Å². The van der Waals surface area contributed by atoms with E-state index in [9.17, 15) is 13.2 Å². The molecule has 0 unspecified atom stereocenters. The first-order chi connectivity index (χ1) is 16.5. The standard InChI is InChI=1S/C25H24N2O6S/c28-25(26-21-11-14-33-22-8-2-1-7-20(21)22)17-5-3-6-18(15-17)27-34(29,30)19-9-10-23-24(16-19)32-13-4-12-31-23/h1-3,5-10,15-16,21,27H,4,11-14H2,(H,26,28)/t21-/m0/s1. The molecule has 0 radical (unpaired) electrons. The van der Waals surface area contributed by atoms with Crippen LogP contribution in [0.2, 0.25) is 0 Å². The van der Waals surface area contributed by atoms with Gasteiger partial charge in [0.15, 0.2) is 11.5 Å². The summed E-state index contributed by atoms with van der Waals surface area (Å²) in [6, 6.07) is 18.3. The van der Waals surface area contributed by atoms with Crippen molar-refractivity contribution >= 4 is 21.6 Å². The van der Waals surface area contributed by atoms with Gasteiger partial charge in [-0.15, -0.1) is 0 Å². The van der Waals surface area contributed by atoms with Gasteiger partial charge in [-0.25, -0.2) is 8.42 Å². The van der Waals surface area contributed by atoms with Crippen molar-refractivity contribution in [1.29, 1.82) is 0 Å². The highest BCUT2D eigenvalue weighted by atomic mass is 32.2. The fraction of sp³-hybridized carbons (Fsp3) is 0.240. The molecule has 176 valence electrons. The van der Waals surface area contributed by atoms with Gasteiger partial charge in [0.25, 0.3) is 15.9 Å². The Kier molecular flexibility index (Phi) is 6.02. The first kappa shape index (κ1) is 22.1. The molecular weight excluding hydrogens is 456 g/mol. The van der Waals surface area contributed by atoms with E-state index in [2.05, 4.69) is 10.0 Å². The molecule has 2 heterocycles. The largest absolute Gasteiger partial charge is 0.493 e. The molecule has 2 aliphatic rings. The third-order valence-electron chi connectivity index (χ3n) is 5.67. The van der Waals surface area contributed by atoms with Crippen LogP contribution >= 0.6 is 0 Å². The highest BCUT2D eigenvalue weighted by Crippen LogP contribution is 2.33. The lowest BCUT2D eigenvalue weighted by Crippen LogP contribution is -2.32. The van der Waals surface area contributed by atoms with Crippen LogP contribution in [-0.2, 0) is 10.0 Å². The number of carbonyl (C=O) groups excluding carboxylic acids is 1. The van der Waals surface area contributed by atoms with E-state index >= 15 is 0 Å². The van der Waals surface area contributed by atoms with Crippen LogP contribution in [0.3, 0.4) is 0 Å². The van der Waals surface area contributed by atoms with E-state index in [1.54, 1.807) is 24.3 Å². The molecule has 2 N–H and O–H groups in total. The van der Waals surface area contributed by atoms with Gasteiger partial charge in [-0.1, -0.05) is 24.3 Å². The molecule has 1 amide bonds. The van der Waals surface area contributed by atoms with Crippen molar-refractivity contribution in [2.75, 3.05) is 24.5 Å². The number of hydrogen-bond acceptors (Lipinski definition) is 6. The van der Waals surface area contributed by atoms with Crippen LogP contribution in [0.15, 0.2) is 71.6 Å². The lowest BCUT2D eigenvalue weighted by molar-refractivity contribution is 0.0925. The lowest BCUT2D eigenvalue weighted by atomic mass is 10.00. The molecule has 0 aromatic heterocycles. The first-order valence-electron chi connectivity index (χ1n) is 11.0. The van der Waals surface area contributed by atoms with Crippen LogP contribution in [-0.4, -0.2) is 34.1 Å². The van der Waals surface area contributed by atoms with Gasteiger partial charge in [0.05, 0.1) is 30.8 Å². The number of benzene rings is 3. The van der Waals surface area contributed by atoms with Crippen molar-refractivity contribution in [3.8, 4) is 17.2 Å². The number of rotatable bonds is 5. The van der Waals surface area contributed by atoms with Gasteiger partial charge in [0.1, 0.15) is 5.75 Å². The SMILES string of the molecule is O=C(N[C@H]1CCOc2ccccc21)c1cccc(NS(=O)(=O)c2ccc3c(c2)OCCCO3)c1. The summed E-state index contributed by atoms with van der Waals surface area (Å²) in [6.45, 7) is 1.49. The summed E-state index contributed by atoms with van der Waals surface area (Å²) in [5.74, 6) is 1.38. The van der Waals surface area contributed by atoms with Gasteiger partial charge in [-0.3, -0.25) is 9.52 Å². The van der Waals surface area contributed by atoms with Crippen LogP contribution in [0.4, 0.5) is 5.69 Å². The van der Waals surface area contributed by atoms with Gasteiger partial charge < -0.3 is 19.5 Å². The second kappa shape index (κ2) is 9.26. The third-order valence-corrected chi connectivity index (χ3v) is 7.05. The Balaban J connectivity index is 1.32. The number of para-hydroxylation sites is 1. The zero-order valence-corrected chi connectivity index (χ0v) is 19.1. The topological polar surface area (TPSA) is 103 Å². The quantitative estimate of drug-likeness (QED) is 0.574. The second-order valence-electron chi connectivity index (χ2n) is 8.05. The van der Waals surface area contributed by atoms with Crippen molar-refractivity contribution in [2.24, 2.45) is 0 Å². The number of amides is 1. The summed E-state index contributed by atoms with van der Waals surface area (Å²) in [5.41, 5.74) is 1.56. The van der Waals surface area contributed by atoms with E-state index in [1.807, 2.05) is 24.3 Å². The van der Waals surface area contributed by atoms with Crippen LogP contribution in [0.5, 0.6) is 17.2 Å². The highest BCUT2D eigenvalue weighted by Gasteiger charge is 2.24. The molecule has 8 nitrogen and oxygen atoms in total. The number of hydrogen-bond donors (Lipinski definition) is 2. The van der Waals surface area contributed by atoms with E-state index in [1.165, 1.54) is 18.2 Å². The Labute approximate surface area is 197 Å². The number of fused-ring (bicyclic) bond motifs is 2. The monoisotopic (exact) mass is 480 g/mol. The molecule has 2 aliphatic heterocycles. The number of nitrogens with one attached hydrogen (secondary N) is 2. The van der Waals surface area contributed by atoms with Crippen LogP contribution in [0.25, 0.3) is 0 Å². The maximum atomic E-state index is 13.0. The first-order valence-corrected chi connectivity index (χ1v) is 12.5. The zero-order valence-electron chi connectivity index (χ0n) is 18.3. The maximum Gasteiger partial charge on any atom is 0.262 e. The van der Waals surface area contributed by atoms with Crippen LogP contribution in [0, 0.1) is 0 Å². The van der Waals surface area contributed by atoms with Gasteiger partial charge in [-0.05, 0) is 36.4 Å². The molecule has 3 aromatic rings.